The molecule has 3 aromatic rings. The van der Waals surface area contributed by atoms with Crippen LogP contribution in [0.5, 0.6) is 11.5 Å². The van der Waals surface area contributed by atoms with E-state index in [4.69, 9.17) is 4.74 Å². The number of fused-ring (bicyclic) bond motifs is 1. The Hall–Kier alpha value is -3.36. The Balaban J connectivity index is 1.35. The number of nitriles is 1. The summed E-state index contributed by atoms with van der Waals surface area (Å²) >= 11 is 0. The Morgan fingerprint density at radius 1 is 1.00 bits per heavy atom. The molecule has 0 spiro atoms. The first-order chi connectivity index (χ1) is 16.6. The van der Waals surface area contributed by atoms with E-state index in [1.165, 1.54) is 22.3 Å². The van der Waals surface area contributed by atoms with Gasteiger partial charge in [0, 0.05) is 31.5 Å². The summed E-state index contributed by atoms with van der Waals surface area (Å²) in [5.41, 5.74) is 5.54. The standard InChI is InChI=1S/C29H29FN2O2/c30-16-21-18-32(19-21)13-14-34-26-9-5-23(6-10-26)29-27(22-3-1-20(17-31)2-4-22)11-7-24-15-25(33)8-12-28(24)29/h1-6,8-10,12,15,21,27,29,33H,7,11,13-14,16,18-19H2/t27-,29+/m1/s1. The van der Waals surface area contributed by atoms with Gasteiger partial charge in [0.05, 0.1) is 18.3 Å². The van der Waals surface area contributed by atoms with Crippen LogP contribution < -0.4 is 4.74 Å². The molecule has 3 aromatic carbocycles. The van der Waals surface area contributed by atoms with Crippen LogP contribution in [0.2, 0.25) is 0 Å². The van der Waals surface area contributed by atoms with E-state index < -0.39 is 0 Å². The molecule has 1 aliphatic carbocycles. The van der Waals surface area contributed by atoms with Crippen molar-refractivity contribution < 1.29 is 14.2 Å². The van der Waals surface area contributed by atoms with Crippen LogP contribution in [0.1, 0.15) is 46.1 Å². The van der Waals surface area contributed by atoms with E-state index >= 15 is 0 Å². The third kappa shape index (κ3) is 4.64. The van der Waals surface area contributed by atoms with Gasteiger partial charge in [-0.15, -0.1) is 0 Å². The summed E-state index contributed by atoms with van der Waals surface area (Å²) in [6, 6.07) is 24.2. The van der Waals surface area contributed by atoms with Gasteiger partial charge in [-0.25, -0.2) is 0 Å². The van der Waals surface area contributed by atoms with E-state index in [2.05, 4.69) is 35.2 Å². The van der Waals surface area contributed by atoms with Gasteiger partial charge in [-0.05, 0) is 77.4 Å². The number of ether oxygens (including phenoxy) is 1. The van der Waals surface area contributed by atoms with Crippen molar-refractivity contribution in [3.05, 3.63) is 94.5 Å². The molecule has 174 valence electrons. The predicted octanol–water partition coefficient (Wildman–Crippen LogP) is 5.41. The minimum absolute atomic E-state index is 0.157. The third-order valence-electron chi connectivity index (χ3n) is 7.22. The van der Waals surface area contributed by atoms with Gasteiger partial charge in [-0.3, -0.25) is 9.29 Å². The van der Waals surface area contributed by atoms with E-state index in [0.717, 1.165) is 38.2 Å². The Kier molecular flexibility index (Phi) is 6.51. The Labute approximate surface area is 200 Å². The van der Waals surface area contributed by atoms with Gasteiger partial charge in [0.25, 0.3) is 0 Å². The van der Waals surface area contributed by atoms with Gasteiger partial charge >= 0.3 is 0 Å². The number of alkyl halides is 1. The van der Waals surface area contributed by atoms with E-state index in [1.807, 2.05) is 36.4 Å². The molecular weight excluding hydrogens is 427 g/mol. The van der Waals surface area contributed by atoms with Gasteiger partial charge in [-0.2, -0.15) is 5.26 Å². The lowest BCUT2D eigenvalue weighted by molar-refractivity contribution is 0.0668. The molecule has 1 saturated heterocycles. The molecule has 4 nitrogen and oxygen atoms in total. The van der Waals surface area contributed by atoms with E-state index in [1.54, 1.807) is 6.07 Å². The Morgan fingerprint density at radius 2 is 1.74 bits per heavy atom. The summed E-state index contributed by atoms with van der Waals surface area (Å²) in [5.74, 6) is 1.78. The van der Waals surface area contributed by atoms with Crippen LogP contribution in [-0.2, 0) is 6.42 Å². The number of aryl methyl sites for hydroxylation is 1. The molecule has 0 unspecified atom stereocenters. The highest BCUT2D eigenvalue weighted by molar-refractivity contribution is 5.48. The fraction of sp³-hybridized carbons (Fsp3) is 0.345. The van der Waals surface area contributed by atoms with Gasteiger partial charge in [0.15, 0.2) is 0 Å². The number of hydrogen-bond donors (Lipinski definition) is 1. The SMILES string of the molecule is N#Cc1ccc([C@H]2CCc3cc(O)ccc3[C@H]2c2ccc(OCCN3CC(CF)C3)cc2)cc1. The number of halogens is 1. The first kappa shape index (κ1) is 22.4. The summed E-state index contributed by atoms with van der Waals surface area (Å²) < 4.78 is 18.5. The number of aromatic hydroxyl groups is 1. The second kappa shape index (κ2) is 9.87. The number of rotatable bonds is 7. The van der Waals surface area contributed by atoms with E-state index in [9.17, 15) is 14.8 Å². The Bertz CT molecular complexity index is 1160. The van der Waals surface area contributed by atoms with Crippen molar-refractivity contribution in [2.75, 3.05) is 32.9 Å². The fourth-order valence-corrected chi connectivity index (χ4v) is 5.40. The first-order valence-corrected chi connectivity index (χ1v) is 12.0. The average Bonchev–Trinajstić information content (AvgIpc) is 2.85. The normalized spacial score (nSPS) is 20.2. The summed E-state index contributed by atoms with van der Waals surface area (Å²) in [4.78, 5) is 2.22. The number of nitrogens with zero attached hydrogens (tertiary/aromatic N) is 2. The molecule has 1 fully saturated rings. The zero-order chi connectivity index (χ0) is 23.5. The Morgan fingerprint density at radius 3 is 2.44 bits per heavy atom. The van der Waals surface area contributed by atoms with Crippen molar-refractivity contribution in [2.24, 2.45) is 5.92 Å². The molecule has 1 heterocycles. The number of phenolic OH excluding ortho intramolecular Hbond substituents is 1. The summed E-state index contributed by atoms with van der Waals surface area (Å²) in [6.07, 6.45) is 1.88. The molecule has 0 amide bonds. The van der Waals surface area contributed by atoms with Crippen molar-refractivity contribution in [3.63, 3.8) is 0 Å². The van der Waals surface area contributed by atoms with Crippen LogP contribution in [0.25, 0.3) is 0 Å². The number of hydrogen-bond acceptors (Lipinski definition) is 4. The number of likely N-dealkylation sites (tertiary alicyclic amines) is 1. The molecule has 5 heteroatoms. The van der Waals surface area contributed by atoms with Crippen molar-refractivity contribution in [3.8, 4) is 17.6 Å². The molecule has 34 heavy (non-hydrogen) atoms. The van der Waals surface area contributed by atoms with Crippen molar-refractivity contribution in [1.29, 1.82) is 5.26 Å². The predicted molar refractivity (Wildman–Crippen MR) is 130 cm³/mol. The van der Waals surface area contributed by atoms with Gasteiger partial charge in [0.2, 0.25) is 0 Å². The van der Waals surface area contributed by atoms with Gasteiger partial charge in [-0.1, -0.05) is 30.3 Å². The van der Waals surface area contributed by atoms with E-state index in [-0.39, 0.29) is 24.4 Å². The van der Waals surface area contributed by atoms with Crippen LogP contribution in [0.3, 0.4) is 0 Å². The van der Waals surface area contributed by atoms with Crippen LogP contribution in [0.15, 0.2) is 66.7 Å². The molecule has 0 aromatic heterocycles. The second-order valence-electron chi connectivity index (χ2n) is 9.44. The maximum absolute atomic E-state index is 12.6. The largest absolute Gasteiger partial charge is 0.508 e. The molecule has 2 atom stereocenters. The molecule has 5 rings (SSSR count). The van der Waals surface area contributed by atoms with Crippen molar-refractivity contribution >= 4 is 0 Å². The van der Waals surface area contributed by atoms with Crippen LogP contribution in [0, 0.1) is 17.2 Å². The third-order valence-corrected chi connectivity index (χ3v) is 7.22. The van der Waals surface area contributed by atoms with Crippen LogP contribution in [0.4, 0.5) is 4.39 Å². The summed E-state index contributed by atoms with van der Waals surface area (Å²) in [5, 5.41) is 19.2. The molecule has 2 aliphatic rings. The zero-order valence-electron chi connectivity index (χ0n) is 19.2. The minimum Gasteiger partial charge on any atom is -0.508 e. The molecule has 0 saturated carbocycles. The fourth-order valence-electron chi connectivity index (χ4n) is 5.40. The highest BCUT2D eigenvalue weighted by Crippen LogP contribution is 2.47. The molecule has 0 radical (unpaired) electrons. The van der Waals surface area contributed by atoms with E-state index in [0.29, 0.717) is 17.9 Å². The molecular formula is C29H29FN2O2. The molecule has 1 aliphatic heterocycles. The topological polar surface area (TPSA) is 56.5 Å². The lowest BCUT2D eigenvalue weighted by Crippen LogP contribution is -2.49. The highest BCUT2D eigenvalue weighted by atomic mass is 19.1. The first-order valence-electron chi connectivity index (χ1n) is 12.0. The van der Waals surface area contributed by atoms with Gasteiger partial charge < -0.3 is 9.84 Å². The van der Waals surface area contributed by atoms with Crippen molar-refractivity contribution in [2.45, 2.75) is 24.7 Å². The maximum Gasteiger partial charge on any atom is 0.119 e. The highest BCUT2D eigenvalue weighted by Gasteiger charge is 2.32. The minimum atomic E-state index is -0.230. The molecule has 1 N–H and O–H groups in total. The quantitative estimate of drug-likeness (QED) is 0.517. The number of benzene rings is 3. The second-order valence-corrected chi connectivity index (χ2v) is 9.44. The maximum atomic E-state index is 12.6. The summed E-state index contributed by atoms with van der Waals surface area (Å²) in [6.45, 7) is 2.83. The monoisotopic (exact) mass is 456 g/mol. The van der Waals surface area contributed by atoms with Crippen LogP contribution in [-0.4, -0.2) is 42.9 Å². The van der Waals surface area contributed by atoms with Crippen molar-refractivity contribution in [1.82, 2.24) is 4.90 Å². The van der Waals surface area contributed by atoms with Gasteiger partial charge in [0.1, 0.15) is 18.1 Å². The number of phenols is 1. The smallest absolute Gasteiger partial charge is 0.119 e. The van der Waals surface area contributed by atoms with Crippen LogP contribution >= 0.6 is 0 Å². The lowest BCUT2D eigenvalue weighted by atomic mass is 9.69. The lowest BCUT2D eigenvalue weighted by Gasteiger charge is -2.37. The average molecular weight is 457 g/mol. The summed E-state index contributed by atoms with van der Waals surface area (Å²) in [7, 11) is 0. The zero-order valence-corrected chi connectivity index (χ0v) is 19.2. The molecule has 0 bridgehead atoms.